The first-order valence-corrected chi connectivity index (χ1v) is 7.53. The van der Waals surface area contributed by atoms with Crippen LogP contribution in [0.1, 0.15) is 25.8 Å². The molecule has 1 saturated heterocycles. The van der Waals surface area contributed by atoms with E-state index in [1.807, 2.05) is 24.3 Å². The smallest absolute Gasteiger partial charge is 0.225 e. The Morgan fingerprint density at radius 3 is 2.76 bits per heavy atom. The summed E-state index contributed by atoms with van der Waals surface area (Å²) in [6.07, 6.45) is 0.739. The molecule has 1 aromatic carbocycles. The molecule has 1 aromatic rings. The van der Waals surface area contributed by atoms with Crippen molar-refractivity contribution in [1.29, 1.82) is 0 Å². The predicted molar refractivity (Wildman–Crippen MR) is 84.0 cm³/mol. The summed E-state index contributed by atoms with van der Waals surface area (Å²) in [5.74, 6) is 0.0434. The number of hydrogen-bond acceptors (Lipinski definition) is 4. The first kappa shape index (κ1) is 15.9. The molecule has 3 N–H and O–H groups in total. The third kappa shape index (κ3) is 4.81. The molecule has 21 heavy (non-hydrogen) atoms. The van der Waals surface area contributed by atoms with Crippen LogP contribution < -0.4 is 11.1 Å². The van der Waals surface area contributed by atoms with Crippen LogP contribution in [0.15, 0.2) is 24.3 Å². The van der Waals surface area contributed by atoms with Crippen LogP contribution >= 0.6 is 0 Å². The summed E-state index contributed by atoms with van der Waals surface area (Å²) in [7, 11) is 0. The fraction of sp³-hybridized carbons (Fsp3) is 0.562. The Bertz CT molecular complexity index is 461. The van der Waals surface area contributed by atoms with Crippen LogP contribution in [0.3, 0.4) is 0 Å². The van der Waals surface area contributed by atoms with Gasteiger partial charge in [0.05, 0.1) is 12.7 Å². The first-order valence-electron chi connectivity index (χ1n) is 7.53. The van der Waals surface area contributed by atoms with Crippen LogP contribution in [-0.4, -0.2) is 42.6 Å². The van der Waals surface area contributed by atoms with E-state index in [0.717, 1.165) is 30.9 Å². The maximum absolute atomic E-state index is 12.0. The SMILES string of the molecule is CC1CN(CCC(=O)Nc2ccc(CN)cc2)C(C)CO1. The number of carbonyl (C=O) groups excluding carboxylic acids is 1. The Kier molecular flexibility index (Phi) is 5.73. The van der Waals surface area contributed by atoms with Crippen molar-refractivity contribution < 1.29 is 9.53 Å². The van der Waals surface area contributed by atoms with Crippen LogP contribution in [0.2, 0.25) is 0 Å². The molecular weight excluding hydrogens is 266 g/mol. The molecule has 0 aliphatic carbocycles. The molecule has 0 aromatic heterocycles. The number of amides is 1. The lowest BCUT2D eigenvalue weighted by atomic mass is 10.2. The zero-order chi connectivity index (χ0) is 15.2. The molecule has 1 amide bonds. The highest BCUT2D eigenvalue weighted by Crippen LogP contribution is 2.13. The standard InChI is InChI=1S/C16H25N3O2/c1-12-11-21-13(2)10-19(12)8-7-16(20)18-15-5-3-14(9-17)4-6-15/h3-6,12-13H,7-11,17H2,1-2H3,(H,18,20). The maximum Gasteiger partial charge on any atom is 0.225 e. The van der Waals surface area contributed by atoms with Gasteiger partial charge >= 0.3 is 0 Å². The van der Waals surface area contributed by atoms with Crippen LogP contribution in [0.4, 0.5) is 5.69 Å². The van der Waals surface area contributed by atoms with Crippen molar-refractivity contribution >= 4 is 11.6 Å². The Balaban J connectivity index is 1.78. The largest absolute Gasteiger partial charge is 0.376 e. The Morgan fingerprint density at radius 1 is 1.38 bits per heavy atom. The molecule has 2 atom stereocenters. The van der Waals surface area contributed by atoms with Crippen LogP contribution in [0.25, 0.3) is 0 Å². The first-order chi connectivity index (χ1) is 10.1. The zero-order valence-corrected chi connectivity index (χ0v) is 12.8. The molecule has 0 spiro atoms. The summed E-state index contributed by atoms with van der Waals surface area (Å²) in [5.41, 5.74) is 7.43. The van der Waals surface area contributed by atoms with Gasteiger partial charge in [0.15, 0.2) is 0 Å². The van der Waals surface area contributed by atoms with E-state index in [4.69, 9.17) is 10.5 Å². The fourth-order valence-corrected chi connectivity index (χ4v) is 2.48. The monoisotopic (exact) mass is 291 g/mol. The van der Waals surface area contributed by atoms with E-state index < -0.39 is 0 Å². The quantitative estimate of drug-likeness (QED) is 0.864. The van der Waals surface area contributed by atoms with Crippen molar-refractivity contribution in [3.8, 4) is 0 Å². The van der Waals surface area contributed by atoms with Gasteiger partial charge in [0, 0.05) is 37.8 Å². The van der Waals surface area contributed by atoms with Gasteiger partial charge in [-0.15, -0.1) is 0 Å². The molecule has 1 aliphatic heterocycles. The van der Waals surface area contributed by atoms with Crippen molar-refractivity contribution in [2.24, 2.45) is 5.73 Å². The second kappa shape index (κ2) is 7.54. The minimum Gasteiger partial charge on any atom is -0.376 e. The van der Waals surface area contributed by atoms with E-state index in [0.29, 0.717) is 19.0 Å². The second-order valence-electron chi connectivity index (χ2n) is 5.69. The van der Waals surface area contributed by atoms with E-state index in [9.17, 15) is 4.79 Å². The molecule has 5 heteroatoms. The van der Waals surface area contributed by atoms with Crippen molar-refractivity contribution in [2.45, 2.75) is 39.0 Å². The summed E-state index contributed by atoms with van der Waals surface area (Å²) in [6.45, 7) is 7.11. The number of nitrogens with two attached hydrogens (primary N) is 1. The molecule has 1 heterocycles. The normalized spacial score (nSPS) is 23.0. The highest BCUT2D eigenvalue weighted by Gasteiger charge is 2.23. The Labute approximate surface area is 126 Å². The number of nitrogens with one attached hydrogen (secondary N) is 1. The lowest BCUT2D eigenvalue weighted by molar-refractivity contribution is -0.117. The van der Waals surface area contributed by atoms with E-state index in [-0.39, 0.29) is 12.0 Å². The topological polar surface area (TPSA) is 67.6 Å². The highest BCUT2D eigenvalue weighted by molar-refractivity contribution is 5.90. The van der Waals surface area contributed by atoms with Gasteiger partial charge < -0.3 is 15.8 Å². The molecule has 2 unspecified atom stereocenters. The highest BCUT2D eigenvalue weighted by atomic mass is 16.5. The van der Waals surface area contributed by atoms with Crippen molar-refractivity contribution in [3.63, 3.8) is 0 Å². The number of nitrogens with zero attached hydrogens (tertiary/aromatic N) is 1. The van der Waals surface area contributed by atoms with Crippen molar-refractivity contribution in [2.75, 3.05) is 25.0 Å². The average Bonchev–Trinajstić information content (AvgIpc) is 2.49. The van der Waals surface area contributed by atoms with Crippen molar-refractivity contribution in [1.82, 2.24) is 4.90 Å². The van der Waals surface area contributed by atoms with Gasteiger partial charge in [0.1, 0.15) is 0 Å². The van der Waals surface area contributed by atoms with E-state index in [1.54, 1.807) is 0 Å². The number of hydrogen-bond donors (Lipinski definition) is 2. The van der Waals surface area contributed by atoms with Gasteiger partial charge in [0.2, 0.25) is 5.91 Å². The van der Waals surface area contributed by atoms with Gasteiger partial charge in [-0.05, 0) is 31.5 Å². The number of carbonyl (C=O) groups is 1. The number of rotatable bonds is 5. The zero-order valence-electron chi connectivity index (χ0n) is 12.8. The molecule has 2 rings (SSSR count). The molecular formula is C16H25N3O2. The number of benzene rings is 1. The molecule has 0 saturated carbocycles. The number of morpholine rings is 1. The number of ether oxygens (including phenoxy) is 1. The third-order valence-electron chi connectivity index (χ3n) is 3.84. The second-order valence-corrected chi connectivity index (χ2v) is 5.69. The summed E-state index contributed by atoms with van der Waals surface area (Å²) in [6, 6.07) is 8.01. The van der Waals surface area contributed by atoms with Crippen molar-refractivity contribution in [3.05, 3.63) is 29.8 Å². The molecule has 116 valence electrons. The lowest BCUT2D eigenvalue weighted by Crippen LogP contribution is -2.48. The van der Waals surface area contributed by atoms with E-state index in [1.165, 1.54) is 0 Å². The summed E-state index contributed by atoms with van der Waals surface area (Å²) < 4.78 is 5.59. The van der Waals surface area contributed by atoms with E-state index >= 15 is 0 Å². The summed E-state index contributed by atoms with van der Waals surface area (Å²) >= 11 is 0. The summed E-state index contributed by atoms with van der Waals surface area (Å²) in [5, 5.41) is 2.92. The van der Waals surface area contributed by atoms with Gasteiger partial charge in [0.25, 0.3) is 0 Å². The maximum atomic E-state index is 12.0. The van der Waals surface area contributed by atoms with Gasteiger partial charge in [-0.25, -0.2) is 0 Å². The van der Waals surface area contributed by atoms with Gasteiger partial charge in [-0.3, -0.25) is 9.69 Å². The molecule has 1 aliphatic rings. The average molecular weight is 291 g/mol. The summed E-state index contributed by atoms with van der Waals surface area (Å²) in [4.78, 5) is 14.3. The van der Waals surface area contributed by atoms with Gasteiger partial charge in [-0.1, -0.05) is 12.1 Å². The molecule has 0 bridgehead atoms. The van der Waals surface area contributed by atoms with Crippen LogP contribution in [-0.2, 0) is 16.1 Å². The number of anilines is 1. The molecule has 5 nitrogen and oxygen atoms in total. The lowest BCUT2D eigenvalue weighted by Gasteiger charge is -2.36. The third-order valence-corrected chi connectivity index (χ3v) is 3.84. The Morgan fingerprint density at radius 2 is 2.10 bits per heavy atom. The predicted octanol–water partition coefficient (Wildman–Crippen LogP) is 1.58. The van der Waals surface area contributed by atoms with Crippen LogP contribution in [0, 0.1) is 0 Å². The minimum atomic E-state index is 0.0434. The fourth-order valence-electron chi connectivity index (χ4n) is 2.48. The molecule has 1 fully saturated rings. The van der Waals surface area contributed by atoms with Crippen LogP contribution in [0.5, 0.6) is 0 Å². The molecule has 0 radical (unpaired) electrons. The Hall–Kier alpha value is -1.43. The van der Waals surface area contributed by atoms with Gasteiger partial charge in [-0.2, -0.15) is 0 Å². The minimum absolute atomic E-state index is 0.0434. The van der Waals surface area contributed by atoms with E-state index in [2.05, 4.69) is 24.1 Å².